The smallest absolute Gasteiger partial charge is 0.136 e. The molecule has 0 bridgehead atoms. The molecule has 0 aromatic rings. The molecule has 0 spiro atoms. The Morgan fingerprint density at radius 2 is 1.83 bits per heavy atom. The molecule has 0 aromatic carbocycles. The van der Waals surface area contributed by atoms with Crippen molar-refractivity contribution in [1.82, 2.24) is 0 Å². The Balaban J connectivity index is 0. The molecule has 12 heavy (non-hydrogen) atoms. The molecule has 6 N–H and O–H groups in total. The van der Waals surface area contributed by atoms with Gasteiger partial charge in [0.1, 0.15) is 6.29 Å². The van der Waals surface area contributed by atoms with Crippen LogP contribution in [0.25, 0.3) is 0 Å². The summed E-state index contributed by atoms with van der Waals surface area (Å²) in [7, 11) is 0. The molecular weight excluding hydrogens is 184 g/mol. The fraction of sp³-hybridized carbons (Fsp3) is 0.833. The van der Waals surface area contributed by atoms with Gasteiger partial charge in [0, 0.05) is 6.54 Å². The fourth-order valence-corrected chi connectivity index (χ4v) is 0.649. The van der Waals surface area contributed by atoms with Gasteiger partial charge in [-0.1, -0.05) is 0 Å². The molecule has 0 radical (unpaired) electrons. The van der Waals surface area contributed by atoms with Gasteiger partial charge in [-0.25, -0.2) is 0 Å². The summed E-state index contributed by atoms with van der Waals surface area (Å²) >= 11 is 0. The molecule has 0 heterocycles. The van der Waals surface area contributed by atoms with Crippen molar-refractivity contribution in [3.05, 3.63) is 0 Å². The van der Waals surface area contributed by atoms with Crippen LogP contribution < -0.4 is 11.5 Å². The highest BCUT2D eigenvalue weighted by Crippen LogP contribution is 1.98. The largest absolute Gasteiger partial charge is 0.390 e. The van der Waals surface area contributed by atoms with Gasteiger partial charge in [-0.2, -0.15) is 0 Å². The average Bonchev–Trinajstić information content (AvgIpc) is 2.02. The van der Waals surface area contributed by atoms with Crippen LogP contribution in [-0.4, -0.2) is 41.3 Å². The molecule has 5 nitrogen and oxygen atoms in total. The number of hydrogen-bond acceptors (Lipinski definition) is 5. The van der Waals surface area contributed by atoms with E-state index in [1.54, 1.807) is 0 Å². The zero-order chi connectivity index (χ0) is 8.85. The molecule has 0 aliphatic carbocycles. The third kappa shape index (κ3) is 5.45. The lowest BCUT2D eigenvalue weighted by Crippen LogP contribution is -2.38. The van der Waals surface area contributed by atoms with Crippen molar-refractivity contribution in [1.29, 1.82) is 0 Å². The summed E-state index contributed by atoms with van der Waals surface area (Å²) in [4.78, 5) is 10.0. The van der Waals surface area contributed by atoms with Gasteiger partial charge in [-0.3, -0.25) is 0 Å². The van der Waals surface area contributed by atoms with E-state index in [2.05, 4.69) is 0 Å². The average molecular weight is 199 g/mol. The van der Waals surface area contributed by atoms with Crippen LogP contribution in [0.5, 0.6) is 0 Å². The SMILES string of the molecule is Cl.NC[C@@H](O)[C@@H](O)C[C@@H](N)C=O. The molecule has 3 atom stereocenters. The van der Waals surface area contributed by atoms with Crippen molar-refractivity contribution in [2.45, 2.75) is 24.7 Å². The zero-order valence-electron chi connectivity index (χ0n) is 6.59. The normalized spacial score (nSPS) is 17.3. The van der Waals surface area contributed by atoms with Gasteiger partial charge in [0.2, 0.25) is 0 Å². The van der Waals surface area contributed by atoms with E-state index in [-0.39, 0.29) is 25.4 Å². The predicted octanol–water partition coefficient (Wildman–Crippen LogP) is -2.00. The highest BCUT2D eigenvalue weighted by molar-refractivity contribution is 5.85. The molecule has 0 fully saturated rings. The quantitative estimate of drug-likeness (QED) is 0.382. The van der Waals surface area contributed by atoms with Crippen molar-refractivity contribution in [3.8, 4) is 0 Å². The minimum Gasteiger partial charge on any atom is -0.390 e. The van der Waals surface area contributed by atoms with Gasteiger partial charge in [-0.05, 0) is 6.42 Å². The van der Waals surface area contributed by atoms with Crippen molar-refractivity contribution in [3.63, 3.8) is 0 Å². The van der Waals surface area contributed by atoms with Crippen molar-refractivity contribution in [2.75, 3.05) is 6.54 Å². The Hall–Kier alpha value is -0.200. The summed E-state index contributed by atoms with van der Waals surface area (Å²) in [6.45, 7) is -0.0350. The van der Waals surface area contributed by atoms with Crippen LogP contribution in [0, 0.1) is 0 Å². The van der Waals surface area contributed by atoms with E-state index < -0.39 is 18.2 Å². The van der Waals surface area contributed by atoms with Crippen LogP contribution >= 0.6 is 12.4 Å². The molecule has 0 aromatic heterocycles. The second kappa shape index (κ2) is 7.45. The van der Waals surface area contributed by atoms with E-state index in [4.69, 9.17) is 21.7 Å². The summed E-state index contributed by atoms with van der Waals surface area (Å²) in [5.41, 5.74) is 10.2. The van der Waals surface area contributed by atoms with Gasteiger partial charge >= 0.3 is 0 Å². The van der Waals surface area contributed by atoms with Crippen LogP contribution in [0.3, 0.4) is 0 Å². The molecule has 0 aliphatic rings. The first-order chi connectivity index (χ1) is 5.11. The summed E-state index contributed by atoms with van der Waals surface area (Å²) < 4.78 is 0. The number of nitrogens with two attached hydrogens (primary N) is 2. The molecule has 6 heteroatoms. The first kappa shape index (κ1) is 14.3. The third-order valence-electron chi connectivity index (χ3n) is 1.37. The lowest BCUT2D eigenvalue weighted by molar-refractivity contribution is -0.110. The number of aldehydes is 1. The summed E-state index contributed by atoms with van der Waals surface area (Å²) in [5.74, 6) is 0. The number of aliphatic hydroxyl groups is 2. The molecule has 0 rings (SSSR count). The van der Waals surface area contributed by atoms with E-state index in [0.717, 1.165) is 0 Å². The third-order valence-corrected chi connectivity index (χ3v) is 1.37. The van der Waals surface area contributed by atoms with Crippen LogP contribution in [0.15, 0.2) is 0 Å². The van der Waals surface area contributed by atoms with E-state index in [0.29, 0.717) is 6.29 Å². The number of hydrogen-bond donors (Lipinski definition) is 4. The second-order valence-corrected chi connectivity index (χ2v) is 2.41. The highest BCUT2D eigenvalue weighted by Gasteiger charge is 2.17. The highest BCUT2D eigenvalue weighted by atomic mass is 35.5. The van der Waals surface area contributed by atoms with E-state index in [1.807, 2.05) is 0 Å². The number of halogens is 1. The Morgan fingerprint density at radius 1 is 1.33 bits per heavy atom. The van der Waals surface area contributed by atoms with Gasteiger partial charge in [-0.15, -0.1) is 12.4 Å². The summed E-state index contributed by atoms with van der Waals surface area (Å²) in [6, 6.07) is -0.730. The van der Waals surface area contributed by atoms with Crippen LogP contribution in [0.1, 0.15) is 6.42 Å². The maximum atomic E-state index is 10.0. The van der Waals surface area contributed by atoms with E-state index in [9.17, 15) is 4.79 Å². The Kier molecular flexibility index (Phi) is 8.90. The maximum Gasteiger partial charge on any atom is 0.136 e. The zero-order valence-corrected chi connectivity index (χ0v) is 7.41. The first-order valence-corrected chi connectivity index (χ1v) is 3.39. The predicted molar refractivity (Wildman–Crippen MR) is 47.0 cm³/mol. The van der Waals surface area contributed by atoms with Crippen molar-refractivity contribution >= 4 is 18.7 Å². The van der Waals surface area contributed by atoms with Crippen LogP contribution in [-0.2, 0) is 4.79 Å². The van der Waals surface area contributed by atoms with Gasteiger partial charge in [0.05, 0.1) is 18.2 Å². The lowest BCUT2D eigenvalue weighted by atomic mass is 10.1. The molecule has 74 valence electrons. The number of aliphatic hydroxyl groups excluding tert-OH is 2. The summed E-state index contributed by atoms with van der Waals surface area (Å²) in [5, 5.41) is 18.0. The standard InChI is InChI=1S/C6H14N2O3.ClH/c7-2-6(11)5(10)1-4(8)3-9;/h3-6,10-11H,1-2,7-8H2;1H/t4-,5+,6-;/m1./s1. The van der Waals surface area contributed by atoms with Gasteiger partial charge in [0.15, 0.2) is 0 Å². The van der Waals surface area contributed by atoms with Gasteiger partial charge in [0.25, 0.3) is 0 Å². The monoisotopic (exact) mass is 198 g/mol. The van der Waals surface area contributed by atoms with E-state index >= 15 is 0 Å². The lowest BCUT2D eigenvalue weighted by Gasteiger charge is -2.16. The number of rotatable bonds is 5. The second-order valence-electron chi connectivity index (χ2n) is 2.41. The minimum absolute atomic E-state index is 0. The van der Waals surface area contributed by atoms with Crippen LogP contribution in [0.4, 0.5) is 0 Å². The molecule has 0 amide bonds. The molecule has 0 saturated heterocycles. The summed E-state index contributed by atoms with van der Waals surface area (Å²) in [6.07, 6.45) is -1.45. The molecule has 0 aliphatic heterocycles. The minimum atomic E-state index is -1.01. The fourth-order valence-electron chi connectivity index (χ4n) is 0.649. The Bertz CT molecular complexity index is 125. The van der Waals surface area contributed by atoms with Crippen molar-refractivity contribution < 1.29 is 15.0 Å². The number of carbonyl (C=O) groups is 1. The van der Waals surface area contributed by atoms with Crippen LogP contribution in [0.2, 0.25) is 0 Å². The topological polar surface area (TPSA) is 110 Å². The van der Waals surface area contributed by atoms with Gasteiger partial charge < -0.3 is 26.5 Å². The van der Waals surface area contributed by atoms with E-state index in [1.165, 1.54) is 0 Å². The first-order valence-electron chi connectivity index (χ1n) is 3.39. The molecular formula is C6H15ClN2O3. The molecule has 0 saturated carbocycles. The Morgan fingerprint density at radius 3 is 2.17 bits per heavy atom. The maximum absolute atomic E-state index is 10.0. The van der Waals surface area contributed by atoms with Crippen molar-refractivity contribution in [2.24, 2.45) is 11.5 Å². The Labute approximate surface area is 77.1 Å². The molecule has 0 unspecified atom stereocenters. The number of carbonyl (C=O) groups excluding carboxylic acids is 1.